The van der Waals surface area contributed by atoms with Gasteiger partial charge in [0.15, 0.2) is 18.1 Å². The lowest BCUT2D eigenvalue weighted by atomic mass is 10.2. The van der Waals surface area contributed by atoms with Gasteiger partial charge in [-0.15, -0.1) is 0 Å². The molecule has 0 radical (unpaired) electrons. The Balaban J connectivity index is 1.08. The van der Waals surface area contributed by atoms with Gasteiger partial charge >= 0.3 is 5.97 Å². The molecule has 2 heterocycles. The van der Waals surface area contributed by atoms with Crippen molar-refractivity contribution in [3.05, 3.63) is 48.0 Å². The maximum atomic E-state index is 12.3. The predicted octanol–water partition coefficient (Wildman–Crippen LogP) is 4.08. The molecule has 1 aliphatic carbocycles. The van der Waals surface area contributed by atoms with Gasteiger partial charge in [-0.3, -0.25) is 4.79 Å². The molecule has 1 saturated carbocycles. The molecule has 2 aromatic rings. The van der Waals surface area contributed by atoms with Gasteiger partial charge in [-0.25, -0.2) is 4.79 Å². The van der Waals surface area contributed by atoms with Crippen molar-refractivity contribution in [2.45, 2.75) is 50.4 Å². The molecule has 2 aromatic carbocycles. The van der Waals surface area contributed by atoms with Crippen LogP contribution in [0.1, 0.15) is 48.9 Å². The molecule has 2 aliphatic heterocycles. The minimum absolute atomic E-state index is 0.127. The Hall–Kier alpha value is -3.26. The Morgan fingerprint density at radius 3 is 2.55 bits per heavy atom. The molecule has 33 heavy (non-hydrogen) atoms. The van der Waals surface area contributed by atoms with Crippen molar-refractivity contribution in [3.63, 3.8) is 0 Å². The van der Waals surface area contributed by atoms with Gasteiger partial charge in [-0.2, -0.15) is 0 Å². The Labute approximate surface area is 192 Å². The largest absolute Gasteiger partial charge is 0.491 e. The topological polar surface area (TPSA) is 92.3 Å². The molecule has 1 atom stereocenters. The minimum atomic E-state index is -0.579. The van der Waals surface area contributed by atoms with Gasteiger partial charge in [-0.05, 0) is 62.1 Å². The fraction of sp³-hybridized carbons (Fsp3) is 0.440. The quantitative estimate of drug-likeness (QED) is 0.632. The number of carbonyl (C=O) groups is 2. The molecule has 174 valence electrons. The van der Waals surface area contributed by atoms with Crippen LogP contribution in [-0.2, 0) is 14.3 Å². The SMILES string of the molecule is O=C(COC(=O)c1ccc(OCC2CCCO2)cc1)Nc1ccc2c(c1)OC1(CCCC1)O2. The zero-order valence-electron chi connectivity index (χ0n) is 18.3. The van der Waals surface area contributed by atoms with Crippen molar-refractivity contribution >= 4 is 17.6 Å². The maximum absolute atomic E-state index is 12.3. The van der Waals surface area contributed by atoms with Crippen molar-refractivity contribution in [1.29, 1.82) is 0 Å². The van der Waals surface area contributed by atoms with Crippen molar-refractivity contribution in [2.24, 2.45) is 0 Å². The summed E-state index contributed by atoms with van der Waals surface area (Å²) in [7, 11) is 0. The molecular weight excluding hydrogens is 426 g/mol. The molecule has 3 aliphatic rings. The second kappa shape index (κ2) is 9.31. The Morgan fingerprint density at radius 2 is 1.79 bits per heavy atom. The fourth-order valence-corrected chi connectivity index (χ4v) is 4.35. The maximum Gasteiger partial charge on any atom is 0.338 e. The molecule has 1 saturated heterocycles. The highest BCUT2D eigenvalue weighted by Crippen LogP contribution is 2.47. The molecule has 0 bridgehead atoms. The van der Waals surface area contributed by atoms with Crippen LogP contribution in [0.4, 0.5) is 5.69 Å². The van der Waals surface area contributed by atoms with Gasteiger partial charge in [0.2, 0.25) is 0 Å². The second-order valence-corrected chi connectivity index (χ2v) is 8.58. The number of hydrogen-bond acceptors (Lipinski definition) is 7. The van der Waals surface area contributed by atoms with E-state index in [9.17, 15) is 9.59 Å². The Morgan fingerprint density at radius 1 is 1.00 bits per heavy atom. The van der Waals surface area contributed by atoms with Crippen molar-refractivity contribution in [2.75, 3.05) is 25.1 Å². The van der Waals surface area contributed by atoms with Gasteiger partial charge in [0.1, 0.15) is 12.4 Å². The van der Waals surface area contributed by atoms with E-state index in [1.54, 1.807) is 42.5 Å². The van der Waals surface area contributed by atoms with Crippen LogP contribution in [0.3, 0.4) is 0 Å². The van der Waals surface area contributed by atoms with Gasteiger partial charge < -0.3 is 29.0 Å². The lowest BCUT2D eigenvalue weighted by Crippen LogP contribution is -2.34. The van der Waals surface area contributed by atoms with E-state index in [1.165, 1.54) is 0 Å². The number of amides is 1. The van der Waals surface area contributed by atoms with Crippen molar-refractivity contribution in [3.8, 4) is 17.2 Å². The molecule has 8 heteroatoms. The number of rotatable bonds is 7. The lowest BCUT2D eigenvalue weighted by molar-refractivity contribution is -0.119. The first kappa shape index (κ1) is 21.6. The minimum Gasteiger partial charge on any atom is -0.491 e. The summed E-state index contributed by atoms with van der Waals surface area (Å²) in [4.78, 5) is 24.5. The van der Waals surface area contributed by atoms with E-state index < -0.39 is 24.3 Å². The molecule has 5 rings (SSSR count). The smallest absolute Gasteiger partial charge is 0.338 e. The normalized spacial score (nSPS) is 20.1. The molecule has 1 unspecified atom stereocenters. The van der Waals surface area contributed by atoms with E-state index in [-0.39, 0.29) is 6.10 Å². The highest BCUT2D eigenvalue weighted by Gasteiger charge is 2.44. The number of anilines is 1. The molecule has 0 aromatic heterocycles. The summed E-state index contributed by atoms with van der Waals surface area (Å²) < 4.78 is 28.3. The average molecular weight is 453 g/mol. The summed E-state index contributed by atoms with van der Waals surface area (Å²) in [5.74, 6) is 0.393. The molecular formula is C25H27NO7. The van der Waals surface area contributed by atoms with Gasteiger partial charge in [-0.1, -0.05) is 0 Å². The molecule has 1 spiro atoms. The van der Waals surface area contributed by atoms with Crippen molar-refractivity contribution in [1.82, 2.24) is 0 Å². The number of ether oxygens (including phenoxy) is 5. The van der Waals surface area contributed by atoms with E-state index in [4.69, 9.17) is 23.7 Å². The zero-order valence-corrected chi connectivity index (χ0v) is 18.3. The molecule has 1 amide bonds. The third-order valence-corrected chi connectivity index (χ3v) is 6.07. The first-order valence-corrected chi connectivity index (χ1v) is 11.4. The monoisotopic (exact) mass is 453 g/mol. The summed E-state index contributed by atoms with van der Waals surface area (Å²) in [6, 6.07) is 11.9. The first-order valence-electron chi connectivity index (χ1n) is 11.4. The van der Waals surface area contributed by atoms with Crippen LogP contribution in [0.5, 0.6) is 17.2 Å². The van der Waals surface area contributed by atoms with Crippen LogP contribution in [-0.4, -0.2) is 43.6 Å². The molecule has 1 N–H and O–H groups in total. The zero-order chi connectivity index (χ0) is 22.7. The Kier molecular flexibility index (Phi) is 6.09. The summed E-state index contributed by atoms with van der Waals surface area (Å²) in [6.45, 7) is 0.876. The second-order valence-electron chi connectivity index (χ2n) is 8.58. The van der Waals surface area contributed by atoms with E-state index in [0.717, 1.165) is 45.1 Å². The number of fused-ring (bicyclic) bond motifs is 1. The van der Waals surface area contributed by atoms with E-state index in [2.05, 4.69) is 5.32 Å². The van der Waals surface area contributed by atoms with E-state index >= 15 is 0 Å². The van der Waals surface area contributed by atoms with Crippen LogP contribution in [0.25, 0.3) is 0 Å². The first-order chi connectivity index (χ1) is 16.1. The summed E-state index contributed by atoms with van der Waals surface area (Å²) >= 11 is 0. The number of carbonyl (C=O) groups excluding carboxylic acids is 2. The van der Waals surface area contributed by atoms with Crippen LogP contribution in [0, 0.1) is 0 Å². The highest BCUT2D eigenvalue weighted by atomic mass is 16.7. The third-order valence-electron chi connectivity index (χ3n) is 6.07. The number of esters is 1. The lowest BCUT2D eigenvalue weighted by Gasteiger charge is -2.21. The summed E-state index contributed by atoms with van der Waals surface area (Å²) in [6.07, 6.45) is 6.06. The third kappa shape index (κ3) is 5.06. The van der Waals surface area contributed by atoms with Crippen molar-refractivity contribution < 1.29 is 33.3 Å². The standard InChI is InChI=1S/C25H27NO7/c27-23(26-18-7-10-21-22(14-18)33-25(32-21)11-1-2-12-25)16-31-24(28)17-5-8-19(9-6-17)30-15-20-4-3-13-29-20/h5-10,14,20H,1-4,11-13,15-16H2,(H,26,27). The van der Waals surface area contributed by atoms with Crippen LogP contribution < -0.4 is 19.5 Å². The van der Waals surface area contributed by atoms with Gasteiger partial charge in [0.05, 0.1) is 11.7 Å². The summed E-state index contributed by atoms with van der Waals surface area (Å²) in [5, 5.41) is 2.73. The number of benzene rings is 2. The van der Waals surface area contributed by atoms with Crippen LogP contribution >= 0.6 is 0 Å². The number of nitrogens with one attached hydrogen (secondary N) is 1. The fourth-order valence-electron chi connectivity index (χ4n) is 4.35. The molecule has 8 nitrogen and oxygen atoms in total. The van der Waals surface area contributed by atoms with Gasteiger partial charge in [0.25, 0.3) is 11.7 Å². The van der Waals surface area contributed by atoms with Crippen LogP contribution in [0.2, 0.25) is 0 Å². The molecule has 2 fully saturated rings. The highest BCUT2D eigenvalue weighted by molar-refractivity contribution is 5.95. The van der Waals surface area contributed by atoms with Gasteiger partial charge in [0, 0.05) is 31.2 Å². The number of hydrogen-bond donors (Lipinski definition) is 1. The average Bonchev–Trinajstić information content (AvgIpc) is 3.58. The summed E-state index contributed by atoms with van der Waals surface area (Å²) in [5.41, 5.74) is 0.901. The predicted molar refractivity (Wildman–Crippen MR) is 119 cm³/mol. The van der Waals surface area contributed by atoms with E-state index in [0.29, 0.717) is 35.1 Å². The Bertz CT molecular complexity index is 1010. The van der Waals surface area contributed by atoms with E-state index in [1.807, 2.05) is 0 Å². The van der Waals surface area contributed by atoms with Crippen LogP contribution in [0.15, 0.2) is 42.5 Å².